The minimum absolute atomic E-state index is 0. The Morgan fingerprint density at radius 2 is 1.64 bits per heavy atom. The van der Waals surface area contributed by atoms with Gasteiger partial charge in [0.2, 0.25) is 0 Å². The van der Waals surface area contributed by atoms with Gasteiger partial charge in [0.05, 0.1) is 11.6 Å². The van der Waals surface area contributed by atoms with Gasteiger partial charge in [-0.05, 0) is 37.8 Å². The van der Waals surface area contributed by atoms with Crippen LogP contribution in [0.2, 0.25) is 0 Å². The van der Waals surface area contributed by atoms with E-state index in [4.69, 9.17) is 5.73 Å². The van der Waals surface area contributed by atoms with E-state index in [0.717, 1.165) is 23.8 Å². The van der Waals surface area contributed by atoms with Crippen molar-refractivity contribution in [2.24, 2.45) is 5.73 Å². The molecule has 2 N–H and O–H groups in total. The molecule has 0 aliphatic carbocycles. The van der Waals surface area contributed by atoms with E-state index in [2.05, 4.69) is 35.2 Å². The SMILES string of the molecule is Cl.N#Cc1ccc(N2C3CCC2CC(N)C3)c2ccccc12. The Kier molecular flexibility index (Phi) is 3.99. The van der Waals surface area contributed by atoms with Crippen LogP contribution in [0.15, 0.2) is 36.4 Å². The Morgan fingerprint density at radius 1 is 1.00 bits per heavy atom. The fourth-order valence-electron chi connectivity index (χ4n) is 4.22. The van der Waals surface area contributed by atoms with Gasteiger partial charge in [-0.15, -0.1) is 12.4 Å². The predicted octanol–water partition coefficient (Wildman–Crippen LogP) is 3.59. The van der Waals surface area contributed by atoms with Crippen LogP contribution in [0.4, 0.5) is 5.69 Å². The van der Waals surface area contributed by atoms with Crippen LogP contribution < -0.4 is 10.6 Å². The van der Waals surface area contributed by atoms with Gasteiger partial charge in [0, 0.05) is 34.6 Å². The van der Waals surface area contributed by atoms with Gasteiger partial charge in [-0.1, -0.05) is 24.3 Å². The van der Waals surface area contributed by atoms with Crippen molar-refractivity contribution >= 4 is 28.9 Å². The Morgan fingerprint density at radius 3 is 2.27 bits per heavy atom. The van der Waals surface area contributed by atoms with E-state index in [1.165, 1.54) is 23.9 Å². The fourth-order valence-corrected chi connectivity index (χ4v) is 4.22. The first-order valence-corrected chi connectivity index (χ1v) is 7.73. The van der Waals surface area contributed by atoms with Crippen LogP contribution in [0, 0.1) is 11.3 Å². The van der Waals surface area contributed by atoms with Crippen LogP contribution in [-0.4, -0.2) is 18.1 Å². The first-order valence-electron chi connectivity index (χ1n) is 7.73. The maximum absolute atomic E-state index is 9.31. The molecule has 4 heteroatoms. The summed E-state index contributed by atoms with van der Waals surface area (Å²) >= 11 is 0. The lowest BCUT2D eigenvalue weighted by Crippen LogP contribution is -2.47. The van der Waals surface area contributed by atoms with Crippen molar-refractivity contribution in [2.75, 3.05) is 4.90 Å². The molecular formula is C18H20ClN3. The van der Waals surface area contributed by atoms with Crippen LogP contribution in [-0.2, 0) is 0 Å². The molecule has 2 aliphatic heterocycles. The zero-order valence-electron chi connectivity index (χ0n) is 12.4. The number of hydrogen-bond acceptors (Lipinski definition) is 3. The first-order chi connectivity index (χ1) is 10.3. The molecule has 2 aromatic carbocycles. The number of rotatable bonds is 1. The minimum Gasteiger partial charge on any atom is -0.365 e. The molecule has 22 heavy (non-hydrogen) atoms. The summed E-state index contributed by atoms with van der Waals surface area (Å²) in [6, 6.07) is 16.1. The molecule has 2 saturated heterocycles. The van der Waals surface area contributed by atoms with Gasteiger partial charge in [0.15, 0.2) is 0 Å². The maximum Gasteiger partial charge on any atom is 0.0998 e. The molecule has 3 nitrogen and oxygen atoms in total. The van der Waals surface area contributed by atoms with Gasteiger partial charge in [-0.3, -0.25) is 0 Å². The van der Waals surface area contributed by atoms with Gasteiger partial charge in [-0.25, -0.2) is 0 Å². The molecule has 0 amide bonds. The van der Waals surface area contributed by atoms with Gasteiger partial charge in [0.1, 0.15) is 0 Å². The van der Waals surface area contributed by atoms with Crippen LogP contribution in [0.3, 0.4) is 0 Å². The molecule has 2 aromatic rings. The van der Waals surface area contributed by atoms with Gasteiger partial charge in [-0.2, -0.15) is 5.26 Å². The lowest BCUT2D eigenvalue weighted by molar-refractivity contribution is 0.415. The van der Waals surface area contributed by atoms with Gasteiger partial charge < -0.3 is 10.6 Å². The molecule has 0 aromatic heterocycles. The summed E-state index contributed by atoms with van der Waals surface area (Å²) in [5.41, 5.74) is 8.23. The van der Waals surface area contributed by atoms with Crippen LogP contribution in [0.25, 0.3) is 10.8 Å². The highest BCUT2D eigenvalue weighted by Crippen LogP contribution is 2.42. The summed E-state index contributed by atoms with van der Waals surface area (Å²) < 4.78 is 0. The second-order valence-electron chi connectivity index (χ2n) is 6.31. The highest BCUT2D eigenvalue weighted by molar-refractivity contribution is 5.98. The summed E-state index contributed by atoms with van der Waals surface area (Å²) in [5, 5.41) is 11.6. The number of benzene rings is 2. The summed E-state index contributed by atoms with van der Waals surface area (Å²) in [6.45, 7) is 0. The van der Waals surface area contributed by atoms with E-state index in [-0.39, 0.29) is 12.4 Å². The van der Waals surface area contributed by atoms with E-state index in [1.807, 2.05) is 12.1 Å². The third-order valence-electron chi connectivity index (χ3n) is 5.07. The number of halogens is 1. The predicted molar refractivity (Wildman–Crippen MR) is 92.4 cm³/mol. The highest BCUT2D eigenvalue weighted by atomic mass is 35.5. The number of piperidine rings is 1. The third-order valence-corrected chi connectivity index (χ3v) is 5.07. The summed E-state index contributed by atoms with van der Waals surface area (Å²) in [7, 11) is 0. The summed E-state index contributed by atoms with van der Waals surface area (Å²) in [4.78, 5) is 2.58. The van der Waals surface area contributed by atoms with Crippen molar-refractivity contribution in [3.63, 3.8) is 0 Å². The van der Waals surface area contributed by atoms with Crippen molar-refractivity contribution < 1.29 is 0 Å². The molecular weight excluding hydrogens is 294 g/mol. The Balaban J connectivity index is 0.00000144. The Hall–Kier alpha value is -1.76. The topological polar surface area (TPSA) is 53.0 Å². The molecule has 0 spiro atoms. The fraction of sp³-hybridized carbons (Fsp3) is 0.389. The highest BCUT2D eigenvalue weighted by Gasteiger charge is 2.40. The average Bonchev–Trinajstić information content (AvgIpc) is 2.77. The van der Waals surface area contributed by atoms with Crippen molar-refractivity contribution in [3.05, 3.63) is 42.0 Å². The van der Waals surface area contributed by atoms with Gasteiger partial charge in [0.25, 0.3) is 0 Å². The lowest BCUT2D eigenvalue weighted by atomic mass is 9.95. The number of nitriles is 1. The molecule has 2 atom stereocenters. The van der Waals surface area contributed by atoms with E-state index in [1.54, 1.807) is 0 Å². The van der Waals surface area contributed by atoms with E-state index >= 15 is 0 Å². The molecule has 2 unspecified atom stereocenters. The quantitative estimate of drug-likeness (QED) is 0.875. The summed E-state index contributed by atoms with van der Waals surface area (Å²) in [5.74, 6) is 0. The largest absolute Gasteiger partial charge is 0.365 e. The molecule has 0 saturated carbocycles. The normalized spacial score (nSPS) is 26.5. The number of hydrogen-bond donors (Lipinski definition) is 1. The standard InChI is InChI=1S/C18H19N3.ClH/c19-11-12-5-8-18(17-4-2-1-3-16(12)17)21-14-6-7-15(21)10-13(20)9-14;/h1-5,8,13-15H,6-7,9-10,20H2;1H. The molecule has 2 bridgehead atoms. The van der Waals surface area contributed by atoms with E-state index < -0.39 is 0 Å². The maximum atomic E-state index is 9.31. The second kappa shape index (κ2) is 5.79. The molecule has 2 aliphatic rings. The van der Waals surface area contributed by atoms with Crippen molar-refractivity contribution in [1.82, 2.24) is 0 Å². The molecule has 2 fully saturated rings. The Labute approximate surface area is 137 Å². The van der Waals surface area contributed by atoms with E-state index in [9.17, 15) is 5.26 Å². The third kappa shape index (κ3) is 2.24. The van der Waals surface area contributed by atoms with Gasteiger partial charge >= 0.3 is 0 Å². The smallest absolute Gasteiger partial charge is 0.0998 e. The second-order valence-corrected chi connectivity index (χ2v) is 6.31. The average molecular weight is 314 g/mol. The molecule has 4 rings (SSSR count). The molecule has 0 radical (unpaired) electrons. The Bertz CT molecular complexity index is 723. The lowest BCUT2D eigenvalue weighted by Gasteiger charge is -2.40. The number of nitrogens with zero attached hydrogens (tertiary/aromatic N) is 2. The number of anilines is 1. The monoisotopic (exact) mass is 313 g/mol. The van der Waals surface area contributed by atoms with Crippen molar-refractivity contribution in [1.29, 1.82) is 5.26 Å². The number of nitrogens with two attached hydrogens (primary N) is 1. The van der Waals surface area contributed by atoms with Crippen LogP contribution >= 0.6 is 12.4 Å². The minimum atomic E-state index is 0. The molecule has 114 valence electrons. The van der Waals surface area contributed by atoms with Crippen LogP contribution in [0.1, 0.15) is 31.2 Å². The zero-order valence-corrected chi connectivity index (χ0v) is 13.2. The first kappa shape index (κ1) is 15.1. The van der Waals surface area contributed by atoms with Crippen molar-refractivity contribution in [2.45, 2.75) is 43.8 Å². The zero-order chi connectivity index (χ0) is 14.4. The number of fused-ring (bicyclic) bond motifs is 3. The van der Waals surface area contributed by atoms with E-state index in [0.29, 0.717) is 18.1 Å². The van der Waals surface area contributed by atoms with Crippen molar-refractivity contribution in [3.8, 4) is 6.07 Å². The summed E-state index contributed by atoms with van der Waals surface area (Å²) in [6.07, 6.45) is 4.66. The molecule has 2 heterocycles. The van der Waals surface area contributed by atoms with Crippen LogP contribution in [0.5, 0.6) is 0 Å².